The van der Waals surface area contributed by atoms with Gasteiger partial charge in [-0.2, -0.15) is 0 Å². The van der Waals surface area contributed by atoms with E-state index in [1.165, 1.54) is 11.8 Å². The van der Waals surface area contributed by atoms with Gasteiger partial charge < -0.3 is 4.42 Å². The first-order valence-corrected chi connectivity index (χ1v) is 10.8. The largest absolute Gasteiger partial charge is 0.457 e. The fraction of sp³-hybridized carbons (Fsp3) is 0.0909. The van der Waals surface area contributed by atoms with E-state index < -0.39 is 0 Å². The number of furan rings is 1. The molecule has 7 heteroatoms. The topological polar surface area (TPSA) is 33.5 Å². The number of hydrogen-bond donors (Lipinski definition) is 0. The highest BCUT2D eigenvalue weighted by Crippen LogP contribution is 2.38. The number of thiocarbonyl (C=S) groups is 1. The molecule has 0 N–H and O–H groups in total. The summed E-state index contributed by atoms with van der Waals surface area (Å²) in [5.41, 5.74) is 1.84. The van der Waals surface area contributed by atoms with E-state index in [2.05, 4.69) is 0 Å². The highest BCUT2D eigenvalue weighted by molar-refractivity contribution is 8.26. The zero-order chi connectivity index (χ0) is 20.5. The van der Waals surface area contributed by atoms with E-state index in [-0.39, 0.29) is 11.9 Å². The summed E-state index contributed by atoms with van der Waals surface area (Å²) in [6.45, 7) is 1.97. The molecule has 1 aromatic heterocycles. The van der Waals surface area contributed by atoms with Crippen LogP contribution in [0, 0.1) is 0 Å². The van der Waals surface area contributed by atoms with Crippen LogP contribution in [0.3, 0.4) is 0 Å². The van der Waals surface area contributed by atoms with E-state index in [9.17, 15) is 4.79 Å². The van der Waals surface area contributed by atoms with Gasteiger partial charge in [0, 0.05) is 11.6 Å². The van der Waals surface area contributed by atoms with Crippen LogP contribution in [0.4, 0.5) is 0 Å². The summed E-state index contributed by atoms with van der Waals surface area (Å²) >= 11 is 18.8. The normalized spacial score (nSPS) is 16.7. The van der Waals surface area contributed by atoms with E-state index in [0.29, 0.717) is 30.8 Å². The molecular formula is C22H15Cl2NO2S2. The van der Waals surface area contributed by atoms with Gasteiger partial charge in [0.1, 0.15) is 15.8 Å². The highest BCUT2D eigenvalue weighted by atomic mass is 35.5. The monoisotopic (exact) mass is 459 g/mol. The molecule has 0 bridgehead atoms. The average Bonchev–Trinajstić information content (AvgIpc) is 3.29. The molecule has 0 saturated carbocycles. The van der Waals surface area contributed by atoms with Gasteiger partial charge in [-0.1, -0.05) is 77.5 Å². The molecule has 146 valence electrons. The van der Waals surface area contributed by atoms with Gasteiger partial charge in [0.2, 0.25) is 0 Å². The SMILES string of the molecule is C[C@@H](c1ccccc1)N1C(=O)/C(=C/c2ccc(-c3ccc(Cl)c(Cl)c3)o2)SC1=S. The maximum absolute atomic E-state index is 13.0. The van der Waals surface area contributed by atoms with Crippen molar-refractivity contribution in [3.8, 4) is 11.3 Å². The second-order valence-electron chi connectivity index (χ2n) is 6.47. The van der Waals surface area contributed by atoms with E-state index in [1.807, 2.05) is 55.5 Å². The van der Waals surface area contributed by atoms with Crippen LogP contribution in [0.2, 0.25) is 10.0 Å². The van der Waals surface area contributed by atoms with E-state index >= 15 is 0 Å². The van der Waals surface area contributed by atoms with Crippen molar-refractivity contribution < 1.29 is 9.21 Å². The van der Waals surface area contributed by atoms with Crippen molar-refractivity contribution >= 4 is 63.5 Å². The number of benzene rings is 2. The lowest BCUT2D eigenvalue weighted by Gasteiger charge is -2.23. The van der Waals surface area contributed by atoms with Crippen molar-refractivity contribution in [2.45, 2.75) is 13.0 Å². The maximum Gasteiger partial charge on any atom is 0.266 e. The Morgan fingerprint density at radius 2 is 1.83 bits per heavy atom. The molecule has 3 aromatic rings. The number of carbonyl (C=O) groups excluding carboxylic acids is 1. The van der Waals surface area contributed by atoms with Crippen LogP contribution in [0.5, 0.6) is 0 Å². The summed E-state index contributed by atoms with van der Waals surface area (Å²) in [7, 11) is 0. The van der Waals surface area contributed by atoms with Crippen LogP contribution in [0.25, 0.3) is 17.4 Å². The predicted octanol–water partition coefficient (Wildman–Crippen LogP) is 7.22. The number of amides is 1. The smallest absolute Gasteiger partial charge is 0.266 e. The molecule has 4 rings (SSSR count). The number of halogens is 2. The molecule has 1 fully saturated rings. The molecule has 0 radical (unpaired) electrons. The molecule has 1 atom stereocenters. The van der Waals surface area contributed by atoms with Gasteiger partial charge in [0.15, 0.2) is 0 Å². The van der Waals surface area contributed by atoms with Crippen molar-refractivity contribution in [3.63, 3.8) is 0 Å². The van der Waals surface area contributed by atoms with E-state index in [1.54, 1.807) is 23.1 Å². The predicted molar refractivity (Wildman–Crippen MR) is 124 cm³/mol. The molecule has 1 amide bonds. The molecule has 3 nitrogen and oxygen atoms in total. The molecule has 1 aliphatic heterocycles. The Kier molecular flexibility index (Phi) is 5.83. The van der Waals surface area contributed by atoms with Crippen molar-refractivity contribution in [3.05, 3.63) is 86.9 Å². The lowest BCUT2D eigenvalue weighted by molar-refractivity contribution is -0.123. The third kappa shape index (κ3) is 4.14. The molecule has 1 saturated heterocycles. The minimum Gasteiger partial charge on any atom is -0.457 e. The van der Waals surface area contributed by atoms with Crippen LogP contribution in [0.15, 0.2) is 70.0 Å². The molecule has 0 unspecified atom stereocenters. The Morgan fingerprint density at radius 1 is 1.07 bits per heavy atom. The van der Waals surface area contributed by atoms with E-state index in [4.69, 9.17) is 39.8 Å². The number of thioether (sulfide) groups is 1. The summed E-state index contributed by atoms with van der Waals surface area (Å²) in [5, 5.41) is 0.941. The Balaban J connectivity index is 1.58. The van der Waals surface area contributed by atoms with Crippen molar-refractivity contribution in [2.24, 2.45) is 0 Å². The van der Waals surface area contributed by atoms with Gasteiger partial charge in [-0.3, -0.25) is 9.69 Å². The number of hydrogen-bond acceptors (Lipinski definition) is 4. The first-order chi connectivity index (χ1) is 13.9. The first kappa shape index (κ1) is 20.2. The molecule has 0 spiro atoms. The molecule has 2 aromatic carbocycles. The first-order valence-electron chi connectivity index (χ1n) is 8.81. The standard InChI is InChI=1S/C22H15Cl2NO2S2/c1-13(14-5-3-2-4-6-14)25-21(26)20(29-22(25)28)12-16-8-10-19(27-16)15-7-9-17(23)18(24)11-15/h2-13H,1H3/b20-12-/t13-/m0/s1. The maximum atomic E-state index is 13.0. The van der Waals surface area contributed by atoms with Gasteiger partial charge in [-0.05, 0) is 42.8 Å². The van der Waals surface area contributed by atoms with Crippen molar-refractivity contribution in [1.29, 1.82) is 0 Å². The second-order valence-corrected chi connectivity index (χ2v) is 8.96. The third-order valence-electron chi connectivity index (χ3n) is 4.60. The molecule has 29 heavy (non-hydrogen) atoms. The molecule has 1 aliphatic rings. The lowest BCUT2D eigenvalue weighted by Crippen LogP contribution is -2.30. The molecule has 0 aliphatic carbocycles. The third-order valence-corrected chi connectivity index (χ3v) is 6.67. The zero-order valence-electron chi connectivity index (χ0n) is 15.3. The van der Waals surface area contributed by atoms with Crippen molar-refractivity contribution in [2.75, 3.05) is 0 Å². The Bertz CT molecular complexity index is 1120. The van der Waals surface area contributed by atoms with Gasteiger partial charge in [0.25, 0.3) is 5.91 Å². The second kappa shape index (κ2) is 8.36. The molecular weight excluding hydrogens is 445 g/mol. The minimum absolute atomic E-state index is 0.121. The van der Waals surface area contributed by atoms with Gasteiger partial charge in [-0.25, -0.2) is 0 Å². The molecule has 2 heterocycles. The van der Waals surface area contributed by atoms with E-state index in [0.717, 1.165) is 11.1 Å². The Morgan fingerprint density at radius 3 is 2.55 bits per heavy atom. The van der Waals surface area contributed by atoms with Gasteiger partial charge in [0.05, 0.1) is 21.0 Å². The Labute approximate surface area is 188 Å². The number of carbonyl (C=O) groups is 1. The van der Waals surface area contributed by atoms with Crippen LogP contribution < -0.4 is 0 Å². The quantitative estimate of drug-likeness (QED) is 0.304. The fourth-order valence-corrected chi connectivity index (χ4v) is 4.76. The Hall–Kier alpha value is -2.05. The number of nitrogens with zero attached hydrogens (tertiary/aromatic N) is 1. The zero-order valence-corrected chi connectivity index (χ0v) is 18.4. The summed E-state index contributed by atoms with van der Waals surface area (Å²) in [6.07, 6.45) is 1.72. The fourth-order valence-electron chi connectivity index (χ4n) is 3.06. The number of rotatable bonds is 4. The van der Waals surface area contributed by atoms with Gasteiger partial charge in [-0.15, -0.1) is 0 Å². The average molecular weight is 460 g/mol. The summed E-state index contributed by atoms with van der Waals surface area (Å²) in [5.74, 6) is 1.09. The van der Waals surface area contributed by atoms with Crippen LogP contribution >= 0.6 is 47.2 Å². The highest BCUT2D eigenvalue weighted by Gasteiger charge is 2.36. The lowest BCUT2D eigenvalue weighted by atomic mass is 10.1. The summed E-state index contributed by atoms with van der Waals surface area (Å²) in [4.78, 5) is 15.1. The summed E-state index contributed by atoms with van der Waals surface area (Å²) in [6, 6.07) is 18.6. The van der Waals surface area contributed by atoms with Crippen LogP contribution in [0.1, 0.15) is 24.3 Å². The van der Waals surface area contributed by atoms with Crippen LogP contribution in [-0.4, -0.2) is 15.1 Å². The van der Waals surface area contributed by atoms with Gasteiger partial charge >= 0.3 is 0 Å². The summed E-state index contributed by atoms with van der Waals surface area (Å²) < 4.78 is 6.42. The van der Waals surface area contributed by atoms with Crippen molar-refractivity contribution in [1.82, 2.24) is 4.90 Å². The van der Waals surface area contributed by atoms with Crippen LogP contribution in [-0.2, 0) is 4.79 Å². The minimum atomic E-state index is -0.141.